The van der Waals surface area contributed by atoms with Crippen molar-refractivity contribution in [3.8, 4) is 0 Å². The van der Waals surface area contributed by atoms with Crippen LogP contribution in [0.3, 0.4) is 0 Å². The zero-order chi connectivity index (χ0) is 19.5. The van der Waals surface area contributed by atoms with Gasteiger partial charge < -0.3 is 9.47 Å². The van der Waals surface area contributed by atoms with Gasteiger partial charge in [0.15, 0.2) is 0 Å². The highest BCUT2D eigenvalue weighted by molar-refractivity contribution is 6.07. The van der Waals surface area contributed by atoms with Gasteiger partial charge in [0.05, 0.1) is 11.6 Å². The summed E-state index contributed by atoms with van der Waals surface area (Å²) in [5.74, 6) is 1.25. The van der Waals surface area contributed by atoms with Crippen molar-refractivity contribution in [2.45, 2.75) is 30.8 Å². The number of carbonyl (C=O) groups excluding carboxylic acids is 1. The van der Waals surface area contributed by atoms with E-state index in [-0.39, 0.29) is 5.91 Å². The first-order chi connectivity index (χ1) is 14.2. The number of aromatic nitrogens is 1. The van der Waals surface area contributed by atoms with E-state index in [1.165, 1.54) is 31.5 Å². The van der Waals surface area contributed by atoms with Gasteiger partial charge in [0.1, 0.15) is 0 Å². The Morgan fingerprint density at radius 2 is 1.66 bits per heavy atom. The molecule has 4 fully saturated rings. The Kier molecular flexibility index (Phi) is 3.85. The SMILES string of the molecule is Cn1cc(C(=O)N2C[C@@H](c3ccccc3)[C@@H]3[C@H]2C2CCN3CC2)c2ccccc21. The first-order valence-corrected chi connectivity index (χ1v) is 10.9. The van der Waals surface area contributed by atoms with Gasteiger partial charge in [0.2, 0.25) is 0 Å². The van der Waals surface area contributed by atoms with E-state index in [4.69, 9.17) is 0 Å². The van der Waals surface area contributed by atoms with Crippen LogP contribution in [0, 0.1) is 5.92 Å². The Morgan fingerprint density at radius 3 is 2.45 bits per heavy atom. The minimum atomic E-state index is 0.212. The molecular formula is C25H27N3O. The summed E-state index contributed by atoms with van der Waals surface area (Å²) in [6.45, 7) is 3.20. The summed E-state index contributed by atoms with van der Waals surface area (Å²) in [5, 5.41) is 1.07. The molecule has 3 atom stereocenters. The average molecular weight is 386 g/mol. The van der Waals surface area contributed by atoms with Gasteiger partial charge in [-0.05, 0) is 43.5 Å². The van der Waals surface area contributed by atoms with Gasteiger partial charge in [-0.1, -0.05) is 48.5 Å². The fourth-order valence-electron chi connectivity index (χ4n) is 6.31. The van der Waals surface area contributed by atoms with E-state index >= 15 is 0 Å². The maximum Gasteiger partial charge on any atom is 0.256 e. The first kappa shape index (κ1) is 17.3. The van der Waals surface area contributed by atoms with Gasteiger partial charge in [-0.15, -0.1) is 0 Å². The van der Waals surface area contributed by atoms with Crippen molar-refractivity contribution in [2.24, 2.45) is 13.0 Å². The number of aryl methyl sites for hydroxylation is 1. The highest BCUT2D eigenvalue weighted by Crippen LogP contribution is 2.47. The van der Waals surface area contributed by atoms with Gasteiger partial charge >= 0.3 is 0 Å². The van der Waals surface area contributed by atoms with Crippen molar-refractivity contribution in [2.75, 3.05) is 19.6 Å². The van der Waals surface area contributed by atoms with Crippen LogP contribution in [0.1, 0.15) is 34.7 Å². The molecule has 4 heteroatoms. The summed E-state index contributed by atoms with van der Waals surface area (Å²) >= 11 is 0. The Balaban J connectivity index is 1.43. The molecule has 0 unspecified atom stereocenters. The Hall–Kier alpha value is -2.59. The minimum Gasteiger partial charge on any atom is -0.350 e. The molecule has 1 amide bonds. The maximum atomic E-state index is 13.9. The average Bonchev–Trinajstić information content (AvgIpc) is 3.36. The van der Waals surface area contributed by atoms with Gasteiger partial charge in [-0.2, -0.15) is 0 Å². The monoisotopic (exact) mass is 385 g/mol. The summed E-state index contributed by atoms with van der Waals surface area (Å²) in [7, 11) is 2.03. The molecular weight excluding hydrogens is 358 g/mol. The number of hydrogen-bond acceptors (Lipinski definition) is 2. The molecule has 5 heterocycles. The number of fused-ring (bicyclic) bond motifs is 3. The van der Waals surface area contributed by atoms with Crippen LogP contribution in [0.4, 0.5) is 0 Å². The number of likely N-dealkylation sites (tertiary alicyclic amines) is 1. The smallest absolute Gasteiger partial charge is 0.256 e. The molecule has 29 heavy (non-hydrogen) atoms. The van der Waals surface area contributed by atoms with Crippen molar-refractivity contribution < 1.29 is 4.79 Å². The third kappa shape index (κ3) is 2.52. The van der Waals surface area contributed by atoms with Crippen LogP contribution in [0.5, 0.6) is 0 Å². The molecule has 0 aliphatic carbocycles. The summed E-state index contributed by atoms with van der Waals surface area (Å²) in [5.41, 5.74) is 3.36. The lowest BCUT2D eigenvalue weighted by Crippen LogP contribution is -2.60. The van der Waals surface area contributed by atoms with Gasteiger partial charge in [-0.3, -0.25) is 9.69 Å². The molecule has 0 radical (unpaired) electrons. The van der Waals surface area contributed by atoms with Gasteiger partial charge in [0.25, 0.3) is 5.91 Å². The fourth-order valence-corrected chi connectivity index (χ4v) is 6.31. The molecule has 148 valence electrons. The van der Waals surface area contributed by atoms with Crippen molar-refractivity contribution in [3.05, 3.63) is 71.9 Å². The van der Waals surface area contributed by atoms with Crippen LogP contribution in [0.25, 0.3) is 10.9 Å². The molecule has 0 saturated carbocycles. The molecule has 2 aromatic carbocycles. The van der Waals surface area contributed by atoms with Crippen LogP contribution in [0.2, 0.25) is 0 Å². The number of rotatable bonds is 2. The maximum absolute atomic E-state index is 13.9. The lowest BCUT2D eigenvalue weighted by Gasteiger charge is -2.51. The Bertz CT molecular complexity index is 1060. The predicted octanol–water partition coefficient (Wildman–Crippen LogP) is 3.88. The van der Waals surface area contributed by atoms with E-state index in [1.54, 1.807) is 0 Å². The summed E-state index contributed by atoms with van der Waals surface area (Å²) < 4.78 is 2.08. The Morgan fingerprint density at radius 1 is 0.931 bits per heavy atom. The highest BCUT2D eigenvalue weighted by atomic mass is 16.2. The third-order valence-corrected chi connectivity index (χ3v) is 7.61. The molecule has 4 aliphatic rings. The number of carbonyl (C=O) groups is 1. The second kappa shape index (κ2) is 6.46. The largest absolute Gasteiger partial charge is 0.350 e. The second-order valence-electron chi connectivity index (χ2n) is 9.00. The van der Waals surface area contributed by atoms with Gasteiger partial charge in [0, 0.05) is 42.7 Å². The molecule has 7 rings (SSSR count). The standard InChI is InChI=1S/C25H27N3O/c1-26-15-21(19-9-5-6-10-22(19)26)25(29)28-16-20(17-7-3-2-4-8-17)24-23(28)18-11-13-27(24)14-12-18/h2-10,15,18,20,23-24H,11-14,16H2,1H3/t20-,23+,24+/m0/s1. The number of piperidine rings is 3. The van der Waals surface area contributed by atoms with Crippen molar-refractivity contribution >= 4 is 16.8 Å². The van der Waals surface area contributed by atoms with Crippen molar-refractivity contribution in [1.82, 2.24) is 14.4 Å². The summed E-state index contributed by atoms with van der Waals surface area (Å²) in [4.78, 5) is 18.8. The first-order valence-electron chi connectivity index (χ1n) is 10.9. The van der Waals surface area contributed by atoms with E-state index < -0.39 is 0 Å². The molecule has 0 N–H and O–H groups in total. The molecule has 4 saturated heterocycles. The summed E-state index contributed by atoms with van der Waals surface area (Å²) in [6, 6.07) is 19.9. The third-order valence-electron chi connectivity index (χ3n) is 7.61. The topological polar surface area (TPSA) is 28.5 Å². The van der Waals surface area contributed by atoms with Crippen LogP contribution in [0.15, 0.2) is 60.8 Å². The number of nitrogens with zero attached hydrogens (tertiary/aromatic N) is 3. The van der Waals surface area contributed by atoms with Crippen molar-refractivity contribution in [3.63, 3.8) is 0 Å². The number of hydrogen-bond donors (Lipinski definition) is 0. The molecule has 2 bridgehead atoms. The minimum absolute atomic E-state index is 0.212. The highest BCUT2D eigenvalue weighted by Gasteiger charge is 2.54. The van der Waals surface area contributed by atoms with E-state index in [9.17, 15) is 4.79 Å². The molecule has 1 aromatic heterocycles. The van der Waals surface area contributed by atoms with Crippen LogP contribution in [-0.2, 0) is 7.05 Å². The zero-order valence-corrected chi connectivity index (χ0v) is 16.9. The Labute approximate surface area is 171 Å². The number of amides is 1. The van der Waals surface area contributed by atoms with E-state index in [0.29, 0.717) is 23.9 Å². The fraction of sp³-hybridized carbons (Fsp3) is 0.400. The van der Waals surface area contributed by atoms with Crippen LogP contribution < -0.4 is 0 Å². The van der Waals surface area contributed by atoms with Crippen LogP contribution >= 0.6 is 0 Å². The zero-order valence-electron chi connectivity index (χ0n) is 16.9. The summed E-state index contributed by atoms with van der Waals surface area (Å²) in [6.07, 6.45) is 4.48. The van der Waals surface area contributed by atoms with Gasteiger partial charge in [-0.25, -0.2) is 0 Å². The quantitative estimate of drug-likeness (QED) is 0.670. The molecule has 4 nitrogen and oxygen atoms in total. The second-order valence-corrected chi connectivity index (χ2v) is 9.00. The van der Waals surface area contributed by atoms with E-state index in [1.807, 2.05) is 25.4 Å². The van der Waals surface area contributed by atoms with Crippen molar-refractivity contribution in [1.29, 1.82) is 0 Å². The van der Waals surface area contributed by atoms with E-state index in [2.05, 4.69) is 56.8 Å². The lowest BCUT2D eigenvalue weighted by molar-refractivity contribution is -0.00335. The number of para-hydroxylation sites is 1. The normalized spacial score (nSPS) is 30.7. The lowest BCUT2D eigenvalue weighted by atomic mass is 9.75. The van der Waals surface area contributed by atoms with Crippen LogP contribution in [-0.4, -0.2) is 52.0 Å². The number of benzene rings is 2. The molecule has 3 aromatic rings. The molecule has 4 aliphatic heterocycles. The molecule has 0 spiro atoms. The van der Waals surface area contributed by atoms with E-state index in [0.717, 1.165) is 23.0 Å². The predicted molar refractivity (Wildman–Crippen MR) is 115 cm³/mol.